The SMILES string of the molecule is CS(=O)(=O)c1ccc(-c2cnccc2-c2ccc(Cl)c(Cl)c2)cc1F. The Kier molecular flexibility index (Phi) is 4.82. The summed E-state index contributed by atoms with van der Waals surface area (Å²) in [5.74, 6) is -0.802. The molecular formula is C18H12Cl2FNO2S. The molecule has 1 aromatic heterocycles. The monoisotopic (exact) mass is 395 g/mol. The van der Waals surface area contributed by atoms with Gasteiger partial charge in [0.25, 0.3) is 0 Å². The molecule has 0 aliphatic heterocycles. The Morgan fingerprint density at radius 3 is 2.24 bits per heavy atom. The Balaban J connectivity index is 2.16. The lowest BCUT2D eigenvalue weighted by Gasteiger charge is -2.11. The second kappa shape index (κ2) is 6.75. The second-order valence-electron chi connectivity index (χ2n) is 5.47. The van der Waals surface area contributed by atoms with Gasteiger partial charge >= 0.3 is 0 Å². The summed E-state index contributed by atoms with van der Waals surface area (Å²) in [7, 11) is -3.63. The summed E-state index contributed by atoms with van der Waals surface area (Å²) in [5, 5.41) is 0.838. The van der Waals surface area contributed by atoms with E-state index >= 15 is 0 Å². The van der Waals surface area contributed by atoms with Crippen molar-refractivity contribution >= 4 is 33.0 Å². The molecule has 0 atom stereocenters. The molecule has 0 fully saturated rings. The average molecular weight is 396 g/mol. The first-order chi connectivity index (χ1) is 11.8. The molecule has 128 valence electrons. The minimum absolute atomic E-state index is 0.337. The van der Waals surface area contributed by atoms with Gasteiger partial charge in [0.15, 0.2) is 9.84 Å². The van der Waals surface area contributed by atoms with Gasteiger partial charge in [-0.25, -0.2) is 12.8 Å². The molecule has 1 heterocycles. The van der Waals surface area contributed by atoms with Gasteiger partial charge in [0.05, 0.1) is 10.0 Å². The number of pyridine rings is 1. The maximum Gasteiger partial charge on any atom is 0.178 e. The summed E-state index contributed by atoms with van der Waals surface area (Å²) in [4.78, 5) is 3.75. The molecule has 0 unspecified atom stereocenters. The van der Waals surface area contributed by atoms with Crippen molar-refractivity contribution in [1.82, 2.24) is 4.98 Å². The quantitative estimate of drug-likeness (QED) is 0.606. The highest BCUT2D eigenvalue weighted by atomic mass is 35.5. The van der Waals surface area contributed by atoms with E-state index in [4.69, 9.17) is 23.2 Å². The normalized spacial score (nSPS) is 11.5. The summed E-state index contributed by atoms with van der Waals surface area (Å²) in [6.45, 7) is 0. The lowest BCUT2D eigenvalue weighted by atomic mass is 9.96. The smallest absolute Gasteiger partial charge is 0.178 e. The van der Waals surface area contributed by atoms with Crippen molar-refractivity contribution in [3.8, 4) is 22.3 Å². The van der Waals surface area contributed by atoms with Crippen LogP contribution < -0.4 is 0 Å². The highest BCUT2D eigenvalue weighted by Gasteiger charge is 2.16. The largest absolute Gasteiger partial charge is 0.264 e. The number of halogens is 3. The predicted octanol–water partition coefficient (Wildman–Crippen LogP) is 5.27. The van der Waals surface area contributed by atoms with Crippen LogP contribution in [-0.2, 0) is 9.84 Å². The van der Waals surface area contributed by atoms with Crippen LogP contribution in [0.2, 0.25) is 10.0 Å². The zero-order chi connectivity index (χ0) is 18.2. The Hall–Kier alpha value is -1.95. The van der Waals surface area contributed by atoms with Crippen molar-refractivity contribution in [3.63, 3.8) is 0 Å². The molecular weight excluding hydrogens is 384 g/mol. The number of nitrogens with zero attached hydrogens (tertiary/aromatic N) is 1. The molecule has 3 aromatic rings. The van der Waals surface area contributed by atoms with Crippen LogP contribution in [0.15, 0.2) is 59.8 Å². The minimum atomic E-state index is -3.63. The fourth-order valence-corrected chi connectivity index (χ4v) is 3.54. The van der Waals surface area contributed by atoms with Crippen LogP contribution in [0.5, 0.6) is 0 Å². The second-order valence-corrected chi connectivity index (χ2v) is 8.27. The van der Waals surface area contributed by atoms with Gasteiger partial charge in [0, 0.05) is 24.2 Å². The number of aromatic nitrogens is 1. The van der Waals surface area contributed by atoms with Gasteiger partial charge in [0.1, 0.15) is 10.7 Å². The van der Waals surface area contributed by atoms with E-state index in [1.165, 1.54) is 12.1 Å². The lowest BCUT2D eigenvalue weighted by molar-refractivity contribution is 0.571. The van der Waals surface area contributed by atoms with E-state index in [2.05, 4.69) is 4.98 Å². The van der Waals surface area contributed by atoms with E-state index in [9.17, 15) is 12.8 Å². The predicted molar refractivity (Wildman–Crippen MR) is 98.2 cm³/mol. The molecule has 0 amide bonds. The van der Waals surface area contributed by atoms with Crippen LogP contribution in [0.1, 0.15) is 0 Å². The van der Waals surface area contributed by atoms with E-state index in [-0.39, 0.29) is 4.90 Å². The van der Waals surface area contributed by atoms with Gasteiger partial charge in [-0.2, -0.15) is 0 Å². The van der Waals surface area contributed by atoms with Gasteiger partial charge in [-0.05, 0) is 47.0 Å². The number of rotatable bonds is 3. The fraction of sp³-hybridized carbons (Fsp3) is 0.0556. The fourth-order valence-electron chi connectivity index (χ4n) is 2.51. The number of hydrogen-bond donors (Lipinski definition) is 0. The van der Waals surface area contributed by atoms with Crippen LogP contribution in [0, 0.1) is 5.82 Å². The maximum absolute atomic E-state index is 14.2. The minimum Gasteiger partial charge on any atom is -0.264 e. The molecule has 0 aliphatic carbocycles. The first-order valence-corrected chi connectivity index (χ1v) is 9.81. The zero-order valence-corrected chi connectivity index (χ0v) is 15.3. The van der Waals surface area contributed by atoms with Crippen molar-refractivity contribution in [1.29, 1.82) is 0 Å². The Morgan fingerprint density at radius 1 is 0.920 bits per heavy atom. The van der Waals surface area contributed by atoms with Crippen molar-refractivity contribution < 1.29 is 12.8 Å². The molecule has 7 heteroatoms. The van der Waals surface area contributed by atoms with E-state index < -0.39 is 15.7 Å². The summed E-state index contributed by atoms with van der Waals surface area (Å²) in [6.07, 6.45) is 4.17. The highest BCUT2D eigenvalue weighted by molar-refractivity contribution is 7.90. The number of hydrogen-bond acceptors (Lipinski definition) is 3. The third kappa shape index (κ3) is 3.68. The van der Waals surface area contributed by atoms with Crippen LogP contribution in [0.3, 0.4) is 0 Å². The summed E-state index contributed by atoms with van der Waals surface area (Å²) >= 11 is 12.0. The standard InChI is InChI=1S/C18H12Cl2FNO2S/c1-25(23,24)18-5-3-12(9-17(18)21)14-10-22-7-6-13(14)11-2-4-15(19)16(20)8-11/h2-10H,1H3. The van der Waals surface area contributed by atoms with Gasteiger partial charge in [-0.3, -0.25) is 4.98 Å². The molecule has 0 spiro atoms. The average Bonchev–Trinajstić information content (AvgIpc) is 2.56. The van der Waals surface area contributed by atoms with Crippen molar-refractivity contribution in [3.05, 3.63) is 70.7 Å². The molecule has 0 saturated carbocycles. The molecule has 25 heavy (non-hydrogen) atoms. The van der Waals surface area contributed by atoms with Crippen molar-refractivity contribution in [2.75, 3.05) is 6.26 Å². The summed E-state index contributed by atoms with van der Waals surface area (Å²) < 4.78 is 37.4. The molecule has 0 N–H and O–H groups in total. The Morgan fingerprint density at radius 2 is 1.60 bits per heavy atom. The molecule has 3 nitrogen and oxygen atoms in total. The molecule has 0 radical (unpaired) electrons. The van der Waals surface area contributed by atoms with Gasteiger partial charge in [-0.1, -0.05) is 35.3 Å². The van der Waals surface area contributed by atoms with E-state index in [0.29, 0.717) is 21.2 Å². The van der Waals surface area contributed by atoms with Gasteiger partial charge < -0.3 is 0 Å². The van der Waals surface area contributed by atoms with Crippen LogP contribution in [0.25, 0.3) is 22.3 Å². The van der Waals surface area contributed by atoms with Gasteiger partial charge in [-0.15, -0.1) is 0 Å². The number of benzene rings is 2. The highest BCUT2D eigenvalue weighted by Crippen LogP contribution is 2.35. The third-order valence-electron chi connectivity index (χ3n) is 3.69. The van der Waals surface area contributed by atoms with Gasteiger partial charge in [0.2, 0.25) is 0 Å². The maximum atomic E-state index is 14.2. The van der Waals surface area contributed by atoms with Crippen LogP contribution >= 0.6 is 23.2 Å². The lowest BCUT2D eigenvalue weighted by Crippen LogP contribution is -2.01. The summed E-state index contributed by atoms with van der Waals surface area (Å²) in [6, 6.07) is 11.0. The molecule has 0 aliphatic rings. The van der Waals surface area contributed by atoms with Crippen LogP contribution in [-0.4, -0.2) is 19.7 Å². The summed E-state index contributed by atoms with van der Waals surface area (Å²) in [5.41, 5.74) is 2.73. The first kappa shape index (κ1) is 17.9. The van der Waals surface area contributed by atoms with Crippen molar-refractivity contribution in [2.45, 2.75) is 4.90 Å². The zero-order valence-electron chi connectivity index (χ0n) is 13.0. The molecule has 0 saturated heterocycles. The van der Waals surface area contributed by atoms with E-state index in [0.717, 1.165) is 17.4 Å². The number of sulfone groups is 1. The molecule has 0 bridgehead atoms. The molecule has 2 aromatic carbocycles. The first-order valence-electron chi connectivity index (χ1n) is 7.17. The third-order valence-corrected chi connectivity index (χ3v) is 5.56. The van der Waals surface area contributed by atoms with E-state index in [1.54, 1.807) is 42.7 Å². The van der Waals surface area contributed by atoms with E-state index in [1.807, 2.05) is 0 Å². The Labute approximate surface area is 155 Å². The Bertz CT molecular complexity index is 1070. The topological polar surface area (TPSA) is 47.0 Å². The van der Waals surface area contributed by atoms with Crippen LogP contribution in [0.4, 0.5) is 4.39 Å². The van der Waals surface area contributed by atoms with Crippen molar-refractivity contribution in [2.24, 2.45) is 0 Å². The molecule has 3 rings (SSSR count).